The summed E-state index contributed by atoms with van der Waals surface area (Å²) in [5.74, 6) is -2.41. The smallest absolute Gasteiger partial charge is 0.407 e. The Morgan fingerprint density at radius 2 is 1.66 bits per heavy atom. The minimum absolute atomic E-state index is 0.109. The third-order valence-corrected chi connectivity index (χ3v) is 6.45. The van der Waals surface area contributed by atoms with E-state index in [-0.39, 0.29) is 30.5 Å². The fraction of sp³-hybridized carbons (Fsp3) is 0.556. The number of nitrogens with one attached hydrogen (secondary N) is 4. The van der Waals surface area contributed by atoms with Gasteiger partial charge in [0.05, 0.1) is 18.6 Å². The third-order valence-electron chi connectivity index (χ3n) is 6.45. The number of nitro groups is 1. The lowest BCUT2D eigenvalue weighted by Gasteiger charge is -2.26. The van der Waals surface area contributed by atoms with Crippen molar-refractivity contribution in [3.05, 3.63) is 34.4 Å². The monoisotopic (exact) mass is 622 g/mol. The lowest BCUT2D eigenvalue weighted by Crippen LogP contribution is -2.51. The molecule has 244 valence electrons. The number of ether oxygens (including phenoxy) is 1. The highest BCUT2D eigenvalue weighted by Crippen LogP contribution is 2.27. The van der Waals surface area contributed by atoms with E-state index in [1.54, 1.807) is 0 Å². The quantitative estimate of drug-likeness (QED) is 0.0505. The van der Waals surface area contributed by atoms with Gasteiger partial charge in [-0.1, -0.05) is 32.1 Å². The molecule has 0 aliphatic heterocycles. The average molecular weight is 623 g/mol. The first-order valence-electron chi connectivity index (χ1n) is 14.0. The van der Waals surface area contributed by atoms with Crippen LogP contribution in [0, 0.1) is 16.0 Å². The number of carbonyl (C=O) groups is 5. The first kappa shape index (κ1) is 37.1. The Bertz CT molecular complexity index is 1150. The van der Waals surface area contributed by atoms with Crippen LogP contribution in [0.15, 0.2) is 29.3 Å². The molecule has 0 bridgehead atoms. The molecule has 1 aliphatic carbocycles. The Balaban J connectivity index is 0.00000227. The van der Waals surface area contributed by atoms with Crippen LogP contribution in [0.5, 0.6) is 0 Å². The van der Waals surface area contributed by atoms with Crippen LogP contribution in [-0.4, -0.2) is 78.1 Å². The maximum Gasteiger partial charge on any atom is 0.407 e. The number of alkyl carbamates (subject to hydrolysis) is 1. The van der Waals surface area contributed by atoms with Crippen LogP contribution in [0.3, 0.4) is 0 Å². The van der Waals surface area contributed by atoms with Gasteiger partial charge in [-0.05, 0) is 37.3 Å². The molecule has 9 N–H and O–H groups in total. The van der Waals surface area contributed by atoms with Gasteiger partial charge < -0.3 is 42.6 Å². The van der Waals surface area contributed by atoms with Crippen LogP contribution in [0.1, 0.15) is 58.3 Å². The van der Waals surface area contributed by atoms with E-state index in [4.69, 9.17) is 21.4 Å². The second-order valence-corrected chi connectivity index (χ2v) is 10.0. The first-order chi connectivity index (χ1) is 20.8. The fourth-order valence-electron chi connectivity index (χ4n) is 4.39. The number of hydrogen-bond acceptors (Lipinski definition) is 9. The summed E-state index contributed by atoms with van der Waals surface area (Å²) < 4.78 is 4.64. The minimum atomic E-state index is -1.01. The van der Waals surface area contributed by atoms with Crippen molar-refractivity contribution in [1.29, 1.82) is 0 Å². The number of hydrogen-bond donors (Lipinski definition) is 7. The van der Waals surface area contributed by atoms with E-state index in [9.17, 15) is 29.3 Å². The summed E-state index contributed by atoms with van der Waals surface area (Å²) in [5, 5.41) is 28.5. The molecule has 0 radical (unpaired) electrons. The lowest BCUT2D eigenvalue weighted by molar-refractivity contribution is -0.384. The number of aliphatic carboxylic acids is 1. The average Bonchev–Trinajstić information content (AvgIpc) is 2.97. The van der Waals surface area contributed by atoms with Crippen LogP contribution >= 0.6 is 0 Å². The van der Waals surface area contributed by atoms with E-state index in [2.05, 4.69) is 31.0 Å². The van der Waals surface area contributed by atoms with Crippen molar-refractivity contribution in [3.63, 3.8) is 0 Å². The van der Waals surface area contributed by atoms with Crippen LogP contribution in [-0.2, 0) is 23.9 Å². The van der Waals surface area contributed by atoms with Crippen molar-refractivity contribution in [2.75, 3.05) is 25.5 Å². The molecule has 0 aromatic heterocycles. The van der Waals surface area contributed by atoms with Gasteiger partial charge in [-0.15, -0.1) is 0 Å². The number of aliphatic imine (C=N–C) groups is 1. The Morgan fingerprint density at radius 1 is 1.05 bits per heavy atom. The maximum atomic E-state index is 12.9. The van der Waals surface area contributed by atoms with Gasteiger partial charge in [0, 0.05) is 31.3 Å². The number of non-ortho nitro benzene ring substituents is 1. The molecule has 0 unspecified atom stereocenters. The van der Waals surface area contributed by atoms with Crippen molar-refractivity contribution < 1.29 is 38.7 Å². The largest absolute Gasteiger partial charge is 0.481 e. The molecule has 2 rings (SSSR count). The number of nitrogens with zero attached hydrogens (tertiary/aromatic N) is 2. The highest BCUT2D eigenvalue weighted by atomic mass is 16.6. The van der Waals surface area contributed by atoms with Crippen molar-refractivity contribution >= 4 is 47.1 Å². The Morgan fingerprint density at radius 3 is 2.20 bits per heavy atom. The van der Waals surface area contributed by atoms with Gasteiger partial charge >= 0.3 is 6.09 Å². The molecule has 1 fully saturated rings. The molecule has 44 heavy (non-hydrogen) atoms. The van der Waals surface area contributed by atoms with Crippen molar-refractivity contribution in [3.8, 4) is 0 Å². The Hall–Kier alpha value is -4.96. The summed E-state index contributed by atoms with van der Waals surface area (Å²) in [6.45, 7) is 0.871. The summed E-state index contributed by atoms with van der Waals surface area (Å²) in [6, 6.07) is 3.34. The topological polar surface area (TPSA) is 270 Å². The van der Waals surface area contributed by atoms with E-state index in [1.165, 1.54) is 31.4 Å². The molecule has 1 aliphatic rings. The summed E-state index contributed by atoms with van der Waals surface area (Å²) in [6.07, 6.45) is 5.38. The molecule has 1 saturated carbocycles. The zero-order chi connectivity index (χ0) is 33.1. The van der Waals surface area contributed by atoms with Gasteiger partial charge in [-0.25, -0.2) is 4.79 Å². The molecule has 2 atom stereocenters. The van der Waals surface area contributed by atoms with E-state index in [0.29, 0.717) is 18.5 Å². The van der Waals surface area contributed by atoms with Crippen LogP contribution in [0.2, 0.25) is 0 Å². The number of benzene rings is 1. The summed E-state index contributed by atoms with van der Waals surface area (Å²) in [5.41, 5.74) is 10.8. The number of nitrogens with two attached hydrogens (primary N) is 2. The summed E-state index contributed by atoms with van der Waals surface area (Å²) in [7, 11) is 1.20. The van der Waals surface area contributed by atoms with Gasteiger partial charge in [0.1, 0.15) is 12.1 Å². The molecule has 17 nitrogen and oxygen atoms in total. The number of anilines is 1. The van der Waals surface area contributed by atoms with Gasteiger partial charge in [0.15, 0.2) is 5.96 Å². The number of amides is 4. The van der Waals surface area contributed by atoms with Crippen LogP contribution < -0.4 is 32.7 Å². The van der Waals surface area contributed by atoms with Crippen LogP contribution in [0.25, 0.3) is 0 Å². The summed E-state index contributed by atoms with van der Waals surface area (Å²) in [4.78, 5) is 73.5. The molecular weight excluding hydrogens is 580 g/mol. The predicted molar refractivity (Wildman–Crippen MR) is 160 cm³/mol. The SMILES string of the molecule is CC(=O)O.COC(=O)N[C@H](CC1CCCCC1)C(=O)NCC(=O)N[C@@H](CCCN=C(N)N)C(=O)Nc1ccc([N+](=O)[O-])cc1. The summed E-state index contributed by atoms with van der Waals surface area (Å²) >= 11 is 0. The van der Waals surface area contributed by atoms with Crippen molar-refractivity contribution in [2.24, 2.45) is 22.4 Å². The third kappa shape index (κ3) is 15.9. The number of nitro benzene ring substituents is 1. The molecule has 17 heteroatoms. The Labute approximate surface area is 254 Å². The zero-order valence-electron chi connectivity index (χ0n) is 24.9. The van der Waals surface area contributed by atoms with Gasteiger partial charge in [0.2, 0.25) is 17.7 Å². The molecule has 4 amide bonds. The number of methoxy groups -OCH3 is 1. The second-order valence-electron chi connectivity index (χ2n) is 10.0. The van der Waals surface area contributed by atoms with E-state index in [0.717, 1.165) is 39.0 Å². The number of rotatable bonds is 14. The predicted octanol–water partition coefficient (Wildman–Crippen LogP) is 0.974. The van der Waals surface area contributed by atoms with E-state index < -0.39 is 53.3 Å². The molecule has 1 aromatic rings. The van der Waals surface area contributed by atoms with Crippen molar-refractivity contribution in [1.82, 2.24) is 16.0 Å². The number of carboxylic acid groups (broad SMARTS) is 1. The van der Waals surface area contributed by atoms with Gasteiger partial charge in [0.25, 0.3) is 11.7 Å². The normalized spacial score (nSPS) is 13.9. The van der Waals surface area contributed by atoms with Crippen LogP contribution in [0.4, 0.5) is 16.2 Å². The lowest BCUT2D eigenvalue weighted by atomic mass is 9.84. The highest BCUT2D eigenvalue weighted by molar-refractivity contribution is 5.98. The number of guanidine groups is 1. The second kappa shape index (κ2) is 20.0. The number of carbonyl (C=O) groups excluding carboxylic acids is 4. The first-order valence-corrected chi connectivity index (χ1v) is 14.0. The molecule has 0 spiro atoms. The molecular formula is C27H42N8O9. The Kier molecular flexibility index (Phi) is 16.9. The molecule has 0 saturated heterocycles. The highest BCUT2D eigenvalue weighted by Gasteiger charge is 2.27. The minimum Gasteiger partial charge on any atom is -0.481 e. The maximum absolute atomic E-state index is 12.9. The number of carboxylic acids is 1. The fourth-order valence-corrected chi connectivity index (χ4v) is 4.39. The van der Waals surface area contributed by atoms with Gasteiger partial charge in [-0.3, -0.25) is 34.3 Å². The standard InChI is InChI=1S/C25H38N8O7.C2H4O2/c1-40-25(37)32-20(14-16-6-3-2-4-7-16)22(35)29-15-21(34)31-19(8-5-13-28-24(26)27)23(36)30-17-9-11-18(12-10-17)33(38)39;1-2(3)4/h9-12,16,19-20H,2-8,13-15H2,1H3,(H,29,35)(H,30,36)(H,31,34)(H,32,37)(H4,26,27,28);1H3,(H,3,4)/t19-,20+;/m0./s1. The van der Waals surface area contributed by atoms with Gasteiger partial charge in [-0.2, -0.15) is 0 Å². The van der Waals surface area contributed by atoms with E-state index >= 15 is 0 Å². The molecule has 0 heterocycles. The zero-order valence-corrected chi connectivity index (χ0v) is 24.9. The van der Waals surface area contributed by atoms with Crippen molar-refractivity contribution in [2.45, 2.75) is 70.4 Å². The van der Waals surface area contributed by atoms with E-state index in [1.807, 2.05) is 0 Å². The molecule has 1 aromatic carbocycles.